The molecule has 0 unspecified atom stereocenters. The molecule has 0 aromatic heterocycles. The van der Waals surface area contributed by atoms with Crippen LogP contribution in [0, 0.1) is 13.8 Å². The summed E-state index contributed by atoms with van der Waals surface area (Å²) in [6, 6.07) is 54.9. The highest BCUT2D eigenvalue weighted by Gasteiger charge is 2.12. The largest absolute Gasteiger partial charge is 0.311 e. The Kier molecular flexibility index (Phi) is 8.75. The van der Waals surface area contributed by atoms with Gasteiger partial charge in [-0.25, -0.2) is 5.01 Å². The molecule has 3 nitrogen and oxygen atoms in total. The lowest BCUT2D eigenvalue weighted by Crippen LogP contribution is -2.09. The van der Waals surface area contributed by atoms with Gasteiger partial charge in [0.05, 0.1) is 17.6 Å². The van der Waals surface area contributed by atoms with E-state index in [0.29, 0.717) is 0 Å². The van der Waals surface area contributed by atoms with Crippen molar-refractivity contribution in [1.82, 2.24) is 0 Å². The molecule has 0 aliphatic rings. The fourth-order valence-corrected chi connectivity index (χ4v) is 5.00. The maximum Gasteiger partial charge on any atom is 0.0652 e. The van der Waals surface area contributed by atoms with Gasteiger partial charge in [-0.2, -0.15) is 5.10 Å². The Morgan fingerprint density at radius 3 is 1.18 bits per heavy atom. The number of hydrazone groups is 1. The monoisotopic (exact) mass is 569 g/mol. The first-order valence-corrected chi connectivity index (χ1v) is 14.9. The van der Waals surface area contributed by atoms with Crippen LogP contribution >= 0.6 is 0 Å². The molecule has 0 aliphatic carbocycles. The summed E-state index contributed by atoms with van der Waals surface area (Å²) >= 11 is 0. The zero-order valence-electron chi connectivity index (χ0n) is 25.1. The molecule has 0 bridgehead atoms. The van der Waals surface area contributed by atoms with Gasteiger partial charge in [-0.05, 0) is 91.2 Å². The summed E-state index contributed by atoms with van der Waals surface area (Å²) in [5, 5.41) is 6.77. The number of rotatable bonds is 9. The van der Waals surface area contributed by atoms with Crippen molar-refractivity contribution in [2.45, 2.75) is 13.8 Å². The number of nitrogens with zero attached hydrogens (tertiary/aromatic N) is 3. The Morgan fingerprint density at radius 1 is 0.386 bits per heavy atom. The van der Waals surface area contributed by atoms with Crippen LogP contribution in [-0.2, 0) is 0 Å². The average Bonchev–Trinajstić information content (AvgIpc) is 3.08. The van der Waals surface area contributed by atoms with E-state index in [1.165, 1.54) is 11.1 Å². The number of anilines is 5. The second-order valence-corrected chi connectivity index (χ2v) is 10.8. The molecule has 6 aromatic carbocycles. The fraction of sp³-hybridized carbons (Fsp3) is 0.0488. The van der Waals surface area contributed by atoms with Gasteiger partial charge in [-0.3, -0.25) is 0 Å². The van der Waals surface area contributed by atoms with E-state index in [-0.39, 0.29) is 0 Å². The molecular weight excluding hydrogens is 534 g/mol. The van der Waals surface area contributed by atoms with Crippen LogP contribution in [0.2, 0.25) is 0 Å². The first kappa shape index (κ1) is 28.4. The van der Waals surface area contributed by atoms with Crippen LogP contribution in [0.3, 0.4) is 0 Å². The van der Waals surface area contributed by atoms with Gasteiger partial charge in [-0.1, -0.05) is 120 Å². The third kappa shape index (κ3) is 7.03. The van der Waals surface area contributed by atoms with E-state index in [9.17, 15) is 0 Å². The zero-order valence-corrected chi connectivity index (χ0v) is 25.1. The summed E-state index contributed by atoms with van der Waals surface area (Å²) in [6.07, 6.45) is 6.20. The zero-order chi connectivity index (χ0) is 30.1. The molecule has 0 amide bonds. The average molecular weight is 570 g/mol. The highest BCUT2D eigenvalue weighted by Crippen LogP contribution is 2.35. The normalized spacial score (nSPS) is 11.2. The van der Waals surface area contributed by atoms with Crippen LogP contribution in [0.25, 0.3) is 12.2 Å². The van der Waals surface area contributed by atoms with Gasteiger partial charge < -0.3 is 4.90 Å². The van der Waals surface area contributed by atoms with Gasteiger partial charge in [0, 0.05) is 17.1 Å². The molecule has 0 N–H and O–H groups in total. The summed E-state index contributed by atoms with van der Waals surface area (Å²) in [4.78, 5) is 2.30. The van der Waals surface area contributed by atoms with Crippen molar-refractivity contribution in [2.75, 3.05) is 9.91 Å². The van der Waals surface area contributed by atoms with Crippen LogP contribution in [0.15, 0.2) is 163 Å². The van der Waals surface area contributed by atoms with Crippen LogP contribution < -0.4 is 9.91 Å². The van der Waals surface area contributed by atoms with Crippen molar-refractivity contribution < 1.29 is 0 Å². The molecule has 0 saturated carbocycles. The summed E-state index contributed by atoms with van der Waals surface area (Å²) < 4.78 is 0. The van der Waals surface area contributed by atoms with Gasteiger partial charge >= 0.3 is 0 Å². The van der Waals surface area contributed by atoms with Crippen LogP contribution in [0.4, 0.5) is 28.4 Å². The molecule has 3 heteroatoms. The second-order valence-electron chi connectivity index (χ2n) is 10.8. The Labute approximate surface area is 260 Å². The van der Waals surface area contributed by atoms with E-state index in [0.717, 1.165) is 45.1 Å². The quantitative estimate of drug-likeness (QED) is 0.0980. The van der Waals surface area contributed by atoms with Crippen molar-refractivity contribution >= 4 is 46.8 Å². The van der Waals surface area contributed by atoms with Crippen LogP contribution in [0.1, 0.15) is 27.8 Å². The van der Waals surface area contributed by atoms with E-state index in [1.807, 2.05) is 47.6 Å². The lowest BCUT2D eigenvalue weighted by molar-refractivity contribution is 1.09. The van der Waals surface area contributed by atoms with Crippen molar-refractivity contribution in [3.8, 4) is 0 Å². The Morgan fingerprint density at radius 2 is 0.750 bits per heavy atom. The molecule has 0 atom stereocenters. The number of aryl methyl sites for hydroxylation is 2. The minimum atomic E-state index is 1.02. The Balaban J connectivity index is 1.17. The van der Waals surface area contributed by atoms with Gasteiger partial charge in [0.25, 0.3) is 0 Å². The molecule has 0 saturated heterocycles. The van der Waals surface area contributed by atoms with Crippen LogP contribution in [-0.4, -0.2) is 6.21 Å². The third-order valence-electron chi connectivity index (χ3n) is 7.46. The summed E-state index contributed by atoms with van der Waals surface area (Å²) in [5.74, 6) is 0. The van der Waals surface area contributed by atoms with E-state index in [2.05, 4.69) is 152 Å². The number of hydrogen-bond donors (Lipinski definition) is 0. The molecule has 0 heterocycles. The molecule has 0 fully saturated rings. The SMILES string of the molecule is Cc1ccc(N(c2ccc(C)cc2)c2ccc(C=Cc3ccc(C=NN(c4ccccc4)c4ccccc4)cc3)cc2)cc1. The van der Waals surface area contributed by atoms with Gasteiger partial charge in [0.15, 0.2) is 0 Å². The third-order valence-corrected chi connectivity index (χ3v) is 7.46. The molecule has 44 heavy (non-hydrogen) atoms. The Bertz CT molecular complexity index is 1740. The van der Waals surface area contributed by atoms with E-state index < -0.39 is 0 Å². The summed E-state index contributed by atoms with van der Waals surface area (Å²) in [7, 11) is 0. The number of hydrogen-bond acceptors (Lipinski definition) is 3. The van der Waals surface area contributed by atoms with Crippen molar-refractivity contribution in [2.24, 2.45) is 5.10 Å². The van der Waals surface area contributed by atoms with Gasteiger partial charge in [0.1, 0.15) is 0 Å². The van der Waals surface area contributed by atoms with E-state index >= 15 is 0 Å². The summed E-state index contributed by atoms with van der Waals surface area (Å²) in [6.45, 7) is 4.24. The molecule has 214 valence electrons. The van der Waals surface area contributed by atoms with Crippen molar-refractivity contribution in [3.05, 3.63) is 186 Å². The van der Waals surface area contributed by atoms with Crippen LogP contribution in [0.5, 0.6) is 0 Å². The standard InChI is InChI=1S/C41H35N3/c1-32-13-25-37(26-14-32)43(38-27-15-33(2)16-28-38)39-29-23-35(24-30-39)18-17-34-19-21-36(22-20-34)31-42-44(40-9-5-3-6-10-40)41-11-7-4-8-12-41/h3-31H,1-2H3. The lowest BCUT2D eigenvalue weighted by atomic mass is 10.1. The summed E-state index contributed by atoms with van der Waals surface area (Å²) in [5.41, 5.74) is 11.3. The topological polar surface area (TPSA) is 18.8 Å². The molecule has 6 aromatic rings. The highest BCUT2D eigenvalue weighted by molar-refractivity contribution is 5.83. The predicted molar refractivity (Wildman–Crippen MR) is 189 cm³/mol. The molecule has 0 aliphatic heterocycles. The first-order valence-electron chi connectivity index (χ1n) is 14.9. The predicted octanol–water partition coefficient (Wildman–Crippen LogP) is 11.1. The smallest absolute Gasteiger partial charge is 0.0652 e. The highest BCUT2D eigenvalue weighted by atomic mass is 15.5. The first-order chi connectivity index (χ1) is 21.6. The molecular formula is C41H35N3. The number of para-hydroxylation sites is 2. The van der Waals surface area contributed by atoms with Gasteiger partial charge in [0.2, 0.25) is 0 Å². The minimum absolute atomic E-state index is 1.02. The fourth-order valence-electron chi connectivity index (χ4n) is 5.00. The maximum absolute atomic E-state index is 4.82. The lowest BCUT2D eigenvalue weighted by Gasteiger charge is -2.25. The molecule has 0 radical (unpaired) electrons. The van der Waals surface area contributed by atoms with E-state index in [1.54, 1.807) is 0 Å². The van der Waals surface area contributed by atoms with E-state index in [4.69, 9.17) is 5.10 Å². The Hall–Kier alpha value is -5.67. The maximum atomic E-state index is 4.82. The van der Waals surface area contributed by atoms with Gasteiger partial charge in [-0.15, -0.1) is 0 Å². The molecule has 6 rings (SSSR count). The second kappa shape index (κ2) is 13.5. The molecule has 0 spiro atoms. The number of benzene rings is 6. The minimum Gasteiger partial charge on any atom is -0.311 e. The van der Waals surface area contributed by atoms with Crippen molar-refractivity contribution in [3.63, 3.8) is 0 Å². The van der Waals surface area contributed by atoms with Crippen molar-refractivity contribution in [1.29, 1.82) is 0 Å².